The number of carbonyl (C=O) groups is 2. The van der Waals surface area contributed by atoms with Crippen LogP contribution in [0.25, 0.3) is 0 Å². The van der Waals surface area contributed by atoms with Crippen LogP contribution in [0.1, 0.15) is 37.4 Å². The molecule has 1 aromatic heterocycles. The van der Waals surface area contributed by atoms with Crippen LogP contribution in [0, 0.1) is 5.92 Å². The first-order valence-corrected chi connectivity index (χ1v) is 8.45. The van der Waals surface area contributed by atoms with Crippen LogP contribution in [-0.4, -0.2) is 28.7 Å². The molecule has 1 atom stereocenters. The Hall–Kier alpha value is -2.69. The molecule has 5 nitrogen and oxygen atoms in total. The van der Waals surface area contributed by atoms with Crippen molar-refractivity contribution in [3.8, 4) is 0 Å². The van der Waals surface area contributed by atoms with Crippen molar-refractivity contribution in [2.24, 2.45) is 5.92 Å². The van der Waals surface area contributed by atoms with Crippen molar-refractivity contribution in [2.75, 3.05) is 7.05 Å². The number of aromatic nitrogens is 1. The van der Waals surface area contributed by atoms with Gasteiger partial charge in [0.15, 0.2) is 0 Å². The Morgan fingerprint density at radius 1 is 1.08 bits per heavy atom. The first kappa shape index (κ1) is 18.6. The first-order chi connectivity index (χ1) is 12.0. The van der Waals surface area contributed by atoms with Gasteiger partial charge in [-0.2, -0.15) is 0 Å². The van der Waals surface area contributed by atoms with Gasteiger partial charge in [0.25, 0.3) is 0 Å². The summed E-state index contributed by atoms with van der Waals surface area (Å²) < 4.78 is 0. The van der Waals surface area contributed by atoms with Crippen LogP contribution < -0.4 is 5.32 Å². The quantitative estimate of drug-likeness (QED) is 0.843. The molecule has 2 aromatic rings. The summed E-state index contributed by atoms with van der Waals surface area (Å²) in [7, 11) is 1.74. The Balaban J connectivity index is 2.16. The highest BCUT2D eigenvalue weighted by atomic mass is 16.2. The molecular formula is C20H25N3O2. The zero-order chi connectivity index (χ0) is 18.2. The lowest BCUT2D eigenvalue weighted by Crippen LogP contribution is -2.41. The summed E-state index contributed by atoms with van der Waals surface area (Å²) in [6, 6.07) is 12.4. The monoisotopic (exact) mass is 339 g/mol. The molecule has 2 amide bonds. The van der Waals surface area contributed by atoms with Gasteiger partial charge in [0.05, 0.1) is 0 Å². The molecular weight excluding hydrogens is 314 g/mol. The summed E-state index contributed by atoms with van der Waals surface area (Å²) >= 11 is 0. The Bertz CT molecular complexity index is 687. The van der Waals surface area contributed by atoms with Gasteiger partial charge in [-0.3, -0.25) is 14.6 Å². The van der Waals surface area contributed by atoms with Crippen molar-refractivity contribution in [1.82, 2.24) is 15.2 Å². The molecule has 0 aliphatic rings. The Morgan fingerprint density at radius 2 is 1.72 bits per heavy atom. The zero-order valence-electron chi connectivity index (χ0n) is 15.0. The second kappa shape index (κ2) is 8.97. The van der Waals surface area contributed by atoms with Crippen LogP contribution in [0.5, 0.6) is 0 Å². The van der Waals surface area contributed by atoms with Gasteiger partial charge in [-0.05, 0) is 29.2 Å². The molecule has 0 bridgehead atoms. The largest absolute Gasteiger partial charge is 0.341 e. The van der Waals surface area contributed by atoms with E-state index in [2.05, 4.69) is 10.3 Å². The summed E-state index contributed by atoms with van der Waals surface area (Å²) in [6.45, 7) is 4.42. The van der Waals surface area contributed by atoms with Gasteiger partial charge in [-0.25, -0.2) is 0 Å². The second-order valence-corrected chi connectivity index (χ2v) is 6.56. The number of carbonyl (C=O) groups excluding carboxylic acids is 2. The number of nitrogens with zero attached hydrogens (tertiary/aromatic N) is 2. The van der Waals surface area contributed by atoms with Crippen LogP contribution in [0.4, 0.5) is 0 Å². The van der Waals surface area contributed by atoms with E-state index in [0.29, 0.717) is 13.0 Å². The van der Waals surface area contributed by atoms with Gasteiger partial charge < -0.3 is 10.2 Å². The van der Waals surface area contributed by atoms with E-state index in [-0.39, 0.29) is 17.7 Å². The van der Waals surface area contributed by atoms with Crippen molar-refractivity contribution in [3.05, 3.63) is 66.0 Å². The smallest absolute Gasteiger partial charge is 0.249 e. The molecule has 2 rings (SSSR count). The Kier molecular flexibility index (Phi) is 6.69. The minimum Gasteiger partial charge on any atom is -0.341 e. The topological polar surface area (TPSA) is 62.3 Å². The third-order valence-electron chi connectivity index (χ3n) is 3.82. The maximum Gasteiger partial charge on any atom is 0.249 e. The fourth-order valence-electron chi connectivity index (χ4n) is 2.58. The van der Waals surface area contributed by atoms with Gasteiger partial charge in [0.2, 0.25) is 11.8 Å². The number of likely N-dealkylation sites (N-methyl/N-ethyl adjacent to an activating group) is 1. The molecule has 1 unspecified atom stereocenters. The molecule has 0 fully saturated rings. The highest BCUT2D eigenvalue weighted by molar-refractivity contribution is 5.88. The SMILES string of the molecule is CC(C)CC(=O)NC(C(=O)N(C)Cc1ccncc1)c1ccccc1. The molecule has 0 aliphatic heterocycles. The number of nitrogens with one attached hydrogen (secondary N) is 1. The van der Waals surface area contributed by atoms with Crippen molar-refractivity contribution in [3.63, 3.8) is 0 Å². The van der Waals surface area contributed by atoms with Crippen LogP contribution >= 0.6 is 0 Å². The molecule has 1 heterocycles. The molecule has 5 heteroatoms. The molecule has 25 heavy (non-hydrogen) atoms. The zero-order valence-corrected chi connectivity index (χ0v) is 15.0. The van der Waals surface area contributed by atoms with Gasteiger partial charge in [-0.1, -0.05) is 44.2 Å². The lowest BCUT2D eigenvalue weighted by molar-refractivity contribution is -0.136. The molecule has 0 saturated heterocycles. The van der Waals surface area contributed by atoms with Gasteiger partial charge in [-0.15, -0.1) is 0 Å². The molecule has 0 aliphatic carbocycles. The van der Waals surface area contributed by atoms with Crippen LogP contribution in [-0.2, 0) is 16.1 Å². The van der Waals surface area contributed by atoms with Crippen molar-refractivity contribution >= 4 is 11.8 Å². The summed E-state index contributed by atoms with van der Waals surface area (Å²) in [5.41, 5.74) is 1.78. The third-order valence-corrected chi connectivity index (χ3v) is 3.82. The molecule has 0 radical (unpaired) electrons. The van der Waals surface area contributed by atoms with Gasteiger partial charge in [0, 0.05) is 32.4 Å². The second-order valence-electron chi connectivity index (χ2n) is 6.56. The fourth-order valence-corrected chi connectivity index (χ4v) is 2.58. The molecule has 132 valence electrons. The first-order valence-electron chi connectivity index (χ1n) is 8.45. The maximum atomic E-state index is 13.0. The maximum absolute atomic E-state index is 13.0. The lowest BCUT2D eigenvalue weighted by Gasteiger charge is -2.25. The predicted octanol–water partition coefficient (Wildman–Crippen LogP) is 2.94. The van der Waals surface area contributed by atoms with Gasteiger partial charge in [0.1, 0.15) is 6.04 Å². The number of hydrogen-bond acceptors (Lipinski definition) is 3. The van der Waals surface area contributed by atoms with Crippen LogP contribution in [0.3, 0.4) is 0 Å². The van der Waals surface area contributed by atoms with E-state index in [0.717, 1.165) is 11.1 Å². The number of amides is 2. The predicted molar refractivity (Wildman–Crippen MR) is 97.5 cm³/mol. The summed E-state index contributed by atoms with van der Waals surface area (Å²) in [5.74, 6) is -0.0179. The van der Waals surface area contributed by atoms with E-state index in [4.69, 9.17) is 0 Å². The minimum atomic E-state index is -0.681. The lowest BCUT2D eigenvalue weighted by atomic mass is 10.0. The molecule has 1 aromatic carbocycles. The van der Waals surface area contributed by atoms with E-state index in [1.807, 2.05) is 56.3 Å². The average Bonchev–Trinajstić information content (AvgIpc) is 2.60. The average molecular weight is 339 g/mol. The van der Waals surface area contributed by atoms with Gasteiger partial charge >= 0.3 is 0 Å². The van der Waals surface area contributed by atoms with Crippen molar-refractivity contribution in [1.29, 1.82) is 0 Å². The Morgan fingerprint density at radius 3 is 2.32 bits per heavy atom. The van der Waals surface area contributed by atoms with Crippen molar-refractivity contribution < 1.29 is 9.59 Å². The molecule has 0 saturated carbocycles. The highest BCUT2D eigenvalue weighted by Gasteiger charge is 2.25. The number of hydrogen-bond donors (Lipinski definition) is 1. The highest BCUT2D eigenvalue weighted by Crippen LogP contribution is 2.17. The summed E-state index contributed by atoms with van der Waals surface area (Å²) in [4.78, 5) is 30.8. The standard InChI is InChI=1S/C20H25N3O2/c1-15(2)13-18(24)22-19(17-7-5-4-6-8-17)20(25)23(3)14-16-9-11-21-12-10-16/h4-12,15,19H,13-14H2,1-3H3,(H,22,24). The van der Waals surface area contributed by atoms with Crippen LogP contribution in [0.2, 0.25) is 0 Å². The third kappa shape index (κ3) is 5.71. The van der Waals surface area contributed by atoms with E-state index in [1.54, 1.807) is 24.3 Å². The van der Waals surface area contributed by atoms with E-state index in [1.165, 1.54) is 0 Å². The van der Waals surface area contributed by atoms with E-state index in [9.17, 15) is 9.59 Å². The van der Waals surface area contributed by atoms with E-state index < -0.39 is 6.04 Å². The molecule has 0 spiro atoms. The summed E-state index contributed by atoms with van der Waals surface area (Å²) in [6.07, 6.45) is 3.80. The molecule has 1 N–H and O–H groups in total. The van der Waals surface area contributed by atoms with Crippen LogP contribution in [0.15, 0.2) is 54.9 Å². The van der Waals surface area contributed by atoms with E-state index >= 15 is 0 Å². The summed E-state index contributed by atoms with van der Waals surface area (Å²) in [5, 5.41) is 2.89. The normalized spacial score (nSPS) is 11.8. The number of rotatable bonds is 7. The Labute approximate surface area is 149 Å². The minimum absolute atomic E-state index is 0.116. The fraction of sp³-hybridized carbons (Fsp3) is 0.350. The number of pyridine rings is 1. The van der Waals surface area contributed by atoms with Crippen molar-refractivity contribution in [2.45, 2.75) is 32.9 Å². The number of benzene rings is 1.